The quantitative estimate of drug-likeness (QED) is 0.504. The molecule has 18 heavy (non-hydrogen) atoms. The molecule has 0 saturated carbocycles. The molecule has 0 aliphatic heterocycles. The second-order valence-corrected chi connectivity index (χ2v) is 6.24. The maximum atomic E-state index is 13.5. The maximum Gasteiger partial charge on any atom is 0.137 e. The van der Waals surface area contributed by atoms with Gasteiger partial charge in [0.2, 0.25) is 0 Å². The van der Waals surface area contributed by atoms with E-state index in [1.165, 1.54) is 12.1 Å². The fraction of sp³-hybridized carbons (Fsp3) is 0.0769. The van der Waals surface area contributed by atoms with Crippen molar-refractivity contribution in [1.29, 1.82) is 0 Å². The third-order valence-electron chi connectivity index (χ3n) is 2.49. The van der Waals surface area contributed by atoms with E-state index < -0.39 is 0 Å². The highest BCUT2D eigenvalue weighted by Gasteiger charge is 2.16. The molecule has 0 spiro atoms. The lowest BCUT2D eigenvalue weighted by molar-refractivity contribution is 0.617. The van der Waals surface area contributed by atoms with E-state index in [2.05, 4.69) is 47.8 Å². The first-order valence-electron chi connectivity index (χ1n) is 5.03. The third-order valence-corrected chi connectivity index (χ3v) is 4.96. The Hall–Kier alpha value is -0.260. The summed E-state index contributed by atoms with van der Waals surface area (Å²) in [6, 6.07) is 9.55. The first-order chi connectivity index (χ1) is 8.50. The highest BCUT2D eigenvalue weighted by molar-refractivity contribution is 9.11. The lowest BCUT2D eigenvalue weighted by Crippen LogP contribution is -1.96. The van der Waals surface area contributed by atoms with Crippen LogP contribution in [0, 0.1) is 11.6 Å². The molecule has 0 radical (unpaired) electrons. The number of alkyl halides is 1. The second-order valence-electron chi connectivity index (χ2n) is 3.68. The van der Waals surface area contributed by atoms with Crippen molar-refractivity contribution < 1.29 is 8.78 Å². The molecule has 1 atom stereocenters. The van der Waals surface area contributed by atoms with E-state index in [1.807, 2.05) is 6.07 Å². The number of halogens is 5. The summed E-state index contributed by atoms with van der Waals surface area (Å²) in [6.07, 6.45) is 0. The zero-order chi connectivity index (χ0) is 13.3. The Labute approximate surface area is 129 Å². The van der Waals surface area contributed by atoms with E-state index in [0.29, 0.717) is 8.95 Å². The smallest absolute Gasteiger partial charge is 0.137 e. The van der Waals surface area contributed by atoms with Crippen molar-refractivity contribution in [2.45, 2.75) is 4.83 Å². The van der Waals surface area contributed by atoms with Gasteiger partial charge in [-0.3, -0.25) is 0 Å². The zero-order valence-electron chi connectivity index (χ0n) is 8.93. The van der Waals surface area contributed by atoms with Gasteiger partial charge < -0.3 is 0 Å². The molecular weight excluding hydrogens is 434 g/mol. The van der Waals surface area contributed by atoms with E-state index in [-0.39, 0.29) is 16.5 Å². The minimum absolute atomic E-state index is 0.209. The molecule has 0 aliphatic rings. The SMILES string of the molecule is Fc1ccc(C(Br)c2cccc(F)c2Br)cc1Br. The molecule has 0 bridgehead atoms. The minimum Gasteiger partial charge on any atom is -0.206 e. The molecule has 0 fully saturated rings. The number of hydrogen-bond donors (Lipinski definition) is 0. The Kier molecular flexibility index (Phi) is 4.56. The average Bonchev–Trinajstić information content (AvgIpc) is 2.35. The normalized spacial score (nSPS) is 12.5. The average molecular weight is 441 g/mol. The van der Waals surface area contributed by atoms with Gasteiger partial charge in [-0.25, -0.2) is 8.78 Å². The van der Waals surface area contributed by atoms with Gasteiger partial charge in [-0.05, 0) is 61.2 Å². The Bertz CT molecular complexity index is 584. The van der Waals surface area contributed by atoms with Crippen LogP contribution in [0.15, 0.2) is 45.3 Å². The first-order valence-corrected chi connectivity index (χ1v) is 7.54. The number of benzene rings is 2. The van der Waals surface area contributed by atoms with Crippen molar-refractivity contribution in [3.8, 4) is 0 Å². The summed E-state index contributed by atoms with van der Waals surface area (Å²) in [7, 11) is 0. The highest BCUT2D eigenvalue weighted by Crippen LogP contribution is 2.37. The van der Waals surface area contributed by atoms with Crippen LogP contribution >= 0.6 is 47.8 Å². The van der Waals surface area contributed by atoms with Crippen molar-refractivity contribution in [1.82, 2.24) is 0 Å². The predicted molar refractivity (Wildman–Crippen MR) is 79.0 cm³/mol. The Morgan fingerprint density at radius 2 is 1.67 bits per heavy atom. The van der Waals surface area contributed by atoms with Gasteiger partial charge in [0.1, 0.15) is 11.6 Å². The molecule has 0 aromatic heterocycles. The van der Waals surface area contributed by atoms with Gasteiger partial charge in [-0.15, -0.1) is 0 Å². The molecule has 0 saturated heterocycles. The van der Waals surface area contributed by atoms with Gasteiger partial charge in [0.05, 0.1) is 13.8 Å². The van der Waals surface area contributed by atoms with E-state index in [4.69, 9.17) is 0 Å². The minimum atomic E-state index is -0.322. The topological polar surface area (TPSA) is 0 Å². The van der Waals surface area contributed by atoms with Crippen LogP contribution in [-0.2, 0) is 0 Å². The fourth-order valence-electron chi connectivity index (χ4n) is 1.57. The summed E-state index contributed by atoms with van der Waals surface area (Å²) >= 11 is 9.86. The molecule has 2 aromatic rings. The van der Waals surface area contributed by atoms with Crippen LogP contribution in [0.1, 0.15) is 16.0 Å². The van der Waals surface area contributed by atoms with Crippen LogP contribution in [0.4, 0.5) is 8.78 Å². The maximum absolute atomic E-state index is 13.5. The van der Waals surface area contributed by atoms with E-state index in [9.17, 15) is 8.78 Å². The van der Waals surface area contributed by atoms with E-state index >= 15 is 0 Å². The van der Waals surface area contributed by atoms with Crippen molar-refractivity contribution in [2.75, 3.05) is 0 Å². The highest BCUT2D eigenvalue weighted by atomic mass is 79.9. The molecule has 2 aromatic carbocycles. The van der Waals surface area contributed by atoms with E-state index in [1.54, 1.807) is 18.2 Å². The lowest BCUT2D eigenvalue weighted by atomic mass is 10.0. The van der Waals surface area contributed by atoms with Crippen LogP contribution in [0.3, 0.4) is 0 Å². The van der Waals surface area contributed by atoms with Crippen LogP contribution in [0.5, 0.6) is 0 Å². The molecular formula is C13H7Br3F2. The lowest BCUT2D eigenvalue weighted by Gasteiger charge is -2.13. The summed E-state index contributed by atoms with van der Waals surface area (Å²) in [6.45, 7) is 0. The Morgan fingerprint density at radius 1 is 0.944 bits per heavy atom. The summed E-state index contributed by atoms with van der Waals surface area (Å²) in [5, 5.41) is 0. The van der Waals surface area contributed by atoms with Crippen LogP contribution in [0.25, 0.3) is 0 Å². The molecule has 0 amide bonds. The van der Waals surface area contributed by atoms with Gasteiger partial charge in [0, 0.05) is 0 Å². The summed E-state index contributed by atoms with van der Waals surface area (Å²) in [5.74, 6) is -0.644. The molecule has 94 valence electrons. The predicted octanol–water partition coefficient (Wildman–Crippen LogP) is 5.97. The van der Waals surface area contributed by atoms with Gasteiger partial charge in [-0.2, -0.15) is 0 Å². The monoisotopic (exact) mass is 438 g/mol. The standard InChI is InChI=1S/C13H7Br3F2/c14-9-6-7(4-5-10(9)17)12(15)8-2-1-3-11(18)13(8)16/h1-6,12H. The van der Waals surface area contributed by atoms with Crippen LogP contribution in [-0.4, -0.2) is 0 Å². The first kappa shape index (κ1) is 14.2. The van der Waals surface area contributed by atoms with Crippen molar-refractivity contribution in [2.24, 2.45) is 0 Å². The van der Waals surface area contributed by atoms with Crippen molar-refractivity contribution in [3.05, 3.63) is 68.1 Å². The second kappa shape index (κ2) is 5.80. The summed E-state index contributed by atoms with van der Waals surface area (Å²) < 4.78 is 27.4. The van der Waals surface area contributed by atoms with Crippen molar-refractivity contribution >= 4 is 47.8 Å². The fourth-order valence-corrected chi connectivity index (χ4v) is 3.43. The Balaban J connectivity index is 2.44. The molecule has 5 heteroatoms. The molecule has 0 N–H and O–H groups in total. The summed E-state index contributed by atoms with van der Waals surface area (Å²) in [5.41, 5.74) is 1.60. The van der Waals surface area contributed by atoms with Crippen molar-refractivity contribution in [3.63, 3.8) is 0 Å². The zero-order valence-corrected chi connectivity index (χ0v) is 13.7. The van der Waals surface area contributed by atoms with Gasteiger partial charge in [0.25, 0.3) is 0 Å². The van der Waals surface area contributed by atoms with Crippen LogP contribution in [0.2, 0.25) is 0 Å². The number of rotatable bonds is 2. The summed E-state index contributed by atoms with van der Waals surface area (Å²) in [4.78, 5) is -0.209. The molecule has 1 unspecified atom stereocenters. The van der Waals surface area contributed by atoms with Gasteiger partial charge >= 0.3 is 0 Å². The Morgan fingerprint density at radius 3 is 2.33 bits per heavy atom. The largest absolute Gasteiger partial charge is 0.206 e. The van der Waals surface area contributed by atoms with E-state index in [0.717, 1.165) is 11.1 Å². The van der Waals surface area contributed by atoms with Gasteiger partial charge in [-0.1, -0.05) is 34.1 Å². The number of hydrogen-bond acceptors (Lipinski definition) is 0. The molecule has 2 rings (SSSR count). The van der Waals surface area contributed by atoms with Gasteiger partial charge in [0.15, 0.2) is 0 Å². The molecule has 0 aliphatic carbocycles. The third kappa shape index (κ3) is 2.83. The van der Waals surface area contributed by atoms with Crippen LogP contribution < -0.4 is 0 Å². The molecule has 0 heterocycles. The molecule has 0 nitrogen and oxygen atoms in total.